The standard InChI is InChI=1S/C12H27N3O3S/c1-11(2)5-8-18-9-6-14-12(13-3)15-7-10-19(4,16)17/h11H,5-10H2,1-4H3,(H2,13,14,15). The van der Waals surface area contributed by atoms with E-state index in [9.17, 15) is 8.42 Å². The predicted octanol–water partition coefficient (Wildman–Crippen LogP) is 0.259. The van der Waals surface area contributed by atoms with Crippen LogP contribution in [0.1, 0.15) is 20.3 Å². The van der Waals surface area contributed by atoms with Gasteiger partial charge in [0, 0.05) is 33.0 Å². The highest BCUT2D eigenvalue weighted by Crippen LogP contribution is 1.98. The molecule has 0 amide bonds. The van der Waals surface area contributed by atoms with Crippen LogP contribution in [0.4, 0.5) is 0 Å². The van der Waals surface area contributed by atoms with E-state index in [-0.39, 0.29) is 5.75 Å². The molecule has 0 radical (unpaired) electrons. The second kappa shape index (κ2) is 10.0. The highest BCUT2D eigenvalue weighted by Gasteiger charge is 2.02. The van der Waals surface area contributed by atoms with Gasteiger partial charge in [-0.3, -0.25) is 4.99 Å². The van der Waals surface area contributed by atoms with Crippen molar-refractivity contribution in [2.45, 2.75) is 20.3 Å². The summed E-state index contributed by atoms with van der Waals surface area (Å²) in [6.45, 7) is 6.70. The summed E-state index contributed by atoms with van der Waals surface area (Å²) in [6, 6.07) is 0. The highest BCUT2D eigenvalue weighted by molar-refractivity contribution is 7.90. The van der Waals surface area contributed by atoms with Crippen LogP contribution in [0.25, 0.3) is 0 Å². The number of nitrogens with one attached hydrogen (secondary N) is 2. The molecule has 19 heavy (non-hydrogen) atoms. The van der Waals surface area contributed by atoms with Gasteiger partial charge in [-0.05, 0) is 12.3 Å². The smallest absolute Gasteiger partial charge is 0.191 e. The molecule has 0 rings (SSSR count). The van der Waals surface area contributed by atoms with Crippen LogP contribution in [0.5, 0.6) is 0 Å². The minimum absolute atomic E-state index is 0.0958. The Balaban J connectivity index is 3.61. The molecular formula is C12H27N3O3S. The van der Waals surface area contributed by atoms with Crippen molar-refractivity contribution < 1.29 is 13.2 Å². The first-order chi connectivity index (χ1) is 8.85. The third kappa shape index (κ3) is 13.4. The molecule has 0 aliphatic carbocycles. The number of aliphatic imine (C=N–C) groups is 1. The van der Waals surface area contributed by atoms with Gasteiger partial charge in [-0.2, -0.15) is 0 Å². The number of sulfone groups is 1. The van der Waals surface area contributed by atoms with Crippen molar-refractivity contribution in [1.82, 2.24) is 10.6 Å². The molecule has 0 aromatic rings. The molecule has 0 saturated carbocycles. The van der Waals surface area contributed by atoms with Crippen LogP contribution < -0.4 is 10.6 Å². The molecule has 7 heteroatoms. The molecule has 0 bridgehead atoms. The maximum Gasteiger partial charge on any atom is 0.191 e. The van der Waals surface area contributed by atoms with Gasteiger partial charge in [-0.15, -0.1) is 0 Å². The fraction of sp³-hybridized carbons (Fsp3) is 0.917. The van der Waals surface area contributed by atoms with Crippen LogP contribution in [0.15, 0.2) is 4.99 Å². The van der Waals surface area contributed by atoms with E-state index in [0.717, 1.165) is 13.0 Å². The molecule has 0 aliphatic heterocycles. The average molecular weight is 293 g/mol. The number of nitrogens with zero attached hydrogens (tertiary/aromatic N) is 1. The van der Waals surface area contributed by atoms with E-state index in [1.807, 2.05) is 0 Å². The minimum atomic E-state index is -2.94. The van der Waals surface area contributed by atoms with E-state index in [1.165, 1.54) is 6.26 Å². The Hall–Kier alpha value is -0.820. The molecular weight excluding hydrogens is 266 g/mol. The number of hydrogen-bond acceptors (Lipinski definition) is 4. The van der Waals surface area contributed by atoms with Gasteiger partial charge in [0.05, 0.1) is 12.4 Å². The lowest BCUT2D eigenvalue weighted by Gasteiger charge is -2.12. The maximum atomic E-state index is 11.0. The molecule has 0 aliphatic rings. The van der Waals surface area contributed by atoms with Crippen molar-refractivity contribution in [1.29, 1.82) is 0 Å². The highest BCUT2D eigenvalue weighted by atomic mass is 32.2. The summed E-state index contributed by atoms with van der Waals surface area (Å²) in [5, 5.41) is 6.00. The van der Waals surface area contributed by atoms with Gasteiger partial charge in [0.2, 0.25) is 0 Å². The van der Waals surface area contributed by atoms with Gasteiger partial charge in [-0.25, -0.2) is 8.42 Å². The number of ether oxygens (including phenoxy) is 1. The second-order valence-electron chi connectivity index (χ2n) is 4.85. The third-order valence-corrected chi connectivity index (χ3v) is 3.31. The van der Waals surface area contributed by atoms with E-state index in [0.29, 0.717) is 31.6 Å². The van der Waals surface area contributed by atoms with Gasteiger partial charge in [0.25, 0.3) is 0 Å². The van der Waals surface area contributed by atoms with Gasteiger partial charge in [0.15, 0.2) is 5.96 Å². The zero-order valence-corrected chi connectivity index (χ0v) is 13.2. The van der Waals surface area contributed by atoms with E-state index in [1.54, 1.807) is 7.05 Å². The van der Waals surface area contributed by atoms with Crippen molar-refractivity contribution in [2.24, 2.45) is 10.9 Å². The normalized spacial score (nSPS) is 12.8. The molecule has 114 valence electrons. The first-order valence-corrected chi connectivity index (χ1v) is 8.61. The maximum absolute atomic E-state index is 11.0. The molecule has 0 aromatic heterocycles. The van der Waals surface area contributed by atoms with Crippen LogP contribution in [-0.4, -0.2) is 59.7 Å². The Morgan fingerprint density at radius 2 is 1.84 bits per heavy atom. The Morgan fingerprint density at radius 1 is 1.21 bits per heavy atom. The van der Waals surface area contributed by atoms with Gasteiger partial charge >= 0.3 is 0 Å². The molecule has 0 unspecified atom stereocenters. The SMILES string of the molecule is CN=C(NCCOCCC(C)C)NCCS(C)(=O)=O. The Bertz CT molecular complexity index is 353. The molecule has 2 N–H and O–H groups in total. The van der Waals surface area contributed by atoms with Crippen LogP contribution in [0, 0.1) is 5.92 Å². The van der Waals surface area contributed by atoms with E-state index >= 15 is 0 Å². The topological polar surface area (TPSA) is 79.8 Å². The minimum Gasteiger partial charge on any atom is -0.380 e. The molecule has 0 fully saturated rings. The summed E-state index contributed by atoms with van der Waals surface area (Å²) in [5.41, 5.74) is 0. The van der Waals surface area contributed by atoms with Crippen molar-refractivity contribution in [2.75, 3.05) is 45.4 Å². The molecule has 0 spiro atoms. The quantitative estimate of drug-likeness (QED) is 0.362. The van der Waals surface area contributed by atoms with Crippen LogP contribution in [-0.2, 0) is 14.6 Å². The zero-order valence-electron chi connectivity index (χ0n) is 12.4. The number of hydrogen-bond donors (Lipinski definition) is 2. The average Bonchev–Trinajstić information content (AvgIpc) is 2.29. The van der Waals surface area contributed by atoms with Crippen molar-refractivity contribution in [3.63, 3.8) is 0 Å². The Labute approximate surface area is 116 Å². The Kier molecular flexibility index (Phi) is 9.59. The lowest BCUT2D eigenvalue weighted by atomic mass is 10.1. The van der Waals surface area contributed by atoms with Gasteiger partial charge in [0.1, 0.15) is 9.84 Å². The fourth-order valence-electron chi connectivity index (χ4n) is 1.24. The van der Waals surface area contributed by atoms with E-state index in [4.69, 9.17) is 4.74 Å². The predicted molar refractivity (Wildman–Crippen MR) is 79.3 cm³/mol. The summed E-state index contributed by atoms with van der Waals surface area (Å²) in [5.74, 6) is 1.34. The Morgan fingerprint density at radius 3 is 2.37 bits per heavy atom. The molecule has 0 aromatic carbocycles. The monoisotopic (exact) mass is 293 g/mol. The zero-order chi connectivity index (χ0) is 14.7. The lowest BCUT2D eigenvalue weighted by molar-refractivity contribution is 0.128. The second-order valence-corrected chi connectivity index (χ2v) is 7.11. The van der Waals surface area contributed by atoms with Crippen molar-refractivity contribution in [3.8, 4) is 0 Å². The summed E-state index contributed by atoms with van der Waals surface area (Å²) in [4.78, 5) is 4.00. The lowest BCUT2D eigenvalue weighted by Crippen LogP contribution is -2.40. The summed E-state index contributed by atoms with van der Waals surface area (Å²) in [7, 11) is -1.29. The first-order valence-electron chi connectivity index (χ1n) is 6.55. The summed E-state index contributed by atoms with van der Waals surface area (Å²) >= 11 is 0. The molecule has 6 nitrogen and oxygen atoms in total. The number of rotatable bonds is 9. The largest absolute Gasteiger partial charge is 0.380 e. The van der Waals surface area contributed by atoms with E-state index < -0.39 is 9.84 Å². The molecule has 0 atom stereocenters. The molecule has 0 heterocycles. The third-order valence-electron chi connectivity index (χ3n) is 2.37. The summed E-state index contributed by atoms with van der Waals surface area (Å²) in [6.07, 6.45) is 2.27. The molecule has 0 saturated heterocycles. The summed E-state index contributed by atoms with van der Waals surface area (Å²) < 4.78 is 27.4. The first kappa shape index (κ1) is 18.2. The van der Waals surface area contributed by atoms with Crippen LogP contribution in [0.2, 0.25) is 0 Å². The van der Waals surface area contributed by atoms with Crippen molar-refractivity contribution >= 4 is 15.8 Å². The van der Waals surface area contributed by atoms with Crippen LogP contribution in [0.3, 0.4) is 0 Å². The van der Waals surface area contributed by atoms with Crippen LogP contribution >= 0.6 is 0 Å². The van der Waals surface area contributed by atoms with Gasteiger partial charge < -0.3 is 15.4 Å². The van der Waals surface area contributed by atoms with Gasteiger partial charge in [-0.1, -0.05) is 13.8 Å². The fourth-order valence-corrected chi connectivity index (χ4v) is 1.71. The van der Waals surface area contributed by atoms with Crippen molar-refractivity contribution in [3.05, 3.63) is 0 Å². The number of guanidine groups is 1. The van der Waals surface area contributed by atoms with E-state index in [2.05, 4.69) is 29.5 Å².